The van der Waals surface area contributed by atoms with Crippen molar-refractivity contribution in [1.82, 2.24) is 15.2 Å². The van der Waals surface area contributed by atoms with E-state index in [0.717, 1.165) is 25.9 Å². The smallest absolute Gasteiger partial charge is 0.251 e. The molecule has 0 radical (unpaired) electrons. The standard InChI is InChI=1S/C10H24N4O/c1-5-9(10(15)12-11)14(4)8-6-7-13(2)3/h9H,5-8,11H2,1-4H3,(H,12,15). The number of nitrogens with one attached hydrogen (secondary N) is 1. The Balaban J connectivity index is 3.93. The van der Waals surface area contributed by atoms with E-state index in [4.69, 9.17) is 5.84 Å². The molecule has 0 aliphatic carbocycles. The van der Waals surface area contributed by atoms with Crippen LogP contribution in [0.3, 0.4) is 0 Å². The summed E-state index contributed by atoms with van der Waals surface area (Å²) in [4.78, 5) is 15.6. The molecule has 3 N–H and O–H groups in total. The normalized spacial score (nSPS) is 13.3. The molecular weight excluding hydrogens is 192 g/mol. The maximum atomic E-state index is 11.4. The van der Waals surface area contributed by atoms with E-state index in [1.54, 1.807) is 0 Å². The molecule has 0 aromatic rings. The molecule has 1 atom stereocenters. The summed E-state index contributed by atoms with van der Waals surface area (Å²) in [5.41, 5.74) is 2.21. The number of hydrazine groups is 1. The highest BCUT2D eigenvalue weighted by atomic mass is 16.2. The van der Waals surface area contributed by atoms with Gasteiger partial charge in [-0.05, 0) is 47.1 Å². The van der Waals surface area contributed by atoms with Crippen molar-refractivity contribution in [2.24, 2.45) is 5.84 Å². The van der Waals surface area contributed by atoms with Gasteiger partial charge in [-0.2, -0.15) is 0 Å². The first-order valence-corrected chi connectivity index (χ1v) is 5.38. The predicted octanol–water partition coefficient (Wildman–Crippen LogP) is -0.362. The maximum absolute atomic E-state index is 11.4. The van der Waals surface area contributed by atoms with Gasteiger partial charge < -0.3 is 4.90 Å². The van der Waals surface area contributed by atoms with E-state index < -0.39 is 0 Å². The number of nitrogens with two attached hydrogens (primary N) is 1. The van der Waals surface area contributed by atoms with Crippen molar-refractivity contribution in [3.05, 3.63) is 0 Å². The van der Waals surface area contributed by atoms with E-state index in [1.165, 1.54) is 0 Å². The number of carbonyl (C=O) groups excluding carboxylic acids is 1. The van der Waals surface area contributed by atoms with Crippen LogP contribution < -0.4 is 11.3 Å². The lowest BCUT2D eigenvalue weighted by Crippen LogP contribution is -2.47. The van der Waals surface area contributed by atoms with Crippen LogP contribution in [0.2, 0.25) is 0 Å². The molecule has 0 aliphatic rings. The third kappa shape index (κ3) is 5.71. The molecule has 15 heavy (non-hydrogen) atoms. The highest BCUT2D eigenvalue weighted by Gasteiger charge is 2.19. The van der Waals surface area contributed by atoms with Crippen molar-refractivity contribution >= 4 is 5.91 Å². The molecule has 0 saturated carbocycles. The summed E-state index contributed by atoms with van der Waals surface area (Å²) in [5.74, 6) is 5.02. The number of hydrogen-bond donors (Lipinski definition) is 2. The second kappa shape index (κ2) is 7.62. The molecule has 5 nitrogen and oxygen atoms in total. The van der Waals surface area contributed by atoms with E-state index in [2.05, 4.69) is 10.3 Å². The Hall–Kier alpha value is -0.650. The number of likely N-dealkylation sites (N-methyl/N-ethyl adjacent to an activating group) is 1. The summed E-state index contributed by atoms with van der Waals surface area (Å²) < 4.78 is 0. The average Bonchev–Trinajstić information content (AvgIpc) is 2.18. The van der Waals surface area contributed by atoms with Crippen molar-refractivity contribution in [2.45, 2.75) is 25.8 Å². The van der Waals surface area contributed by atoms with Crippen LogP contribution in [0.4, 0.5) is 0 Å². The number of hydrogen-bond acceptors (Lipinski definition) is 4. The molecule has 1 unspecified atom stereocenters. The Morgan fingerprint density at radius 2 is 1.93 bits per heavy atom. The zero-order valence-electron chi connectivity index (χ0n) is 10.3. The summed E-state index contributed by atoms with van der Waals surface area (Å²) in [6, 6.07) is -0.114. The Bertz CT molecular complexity index is 184. The molecule has 0 aromatic carbocycles. The maximum Gasteiger partial charge on any atom is 0.251 e. The predicted molar refractivity (Wildman–Crippen MR) is 62.2 cm³/mol. The van der Waals surface area contributed by atoms with Gasteiger partial charge in [0.25, 0.3) is 5.91 Å². The Kier molecular flexibility index (Phi) is 7.29. The summed E-state index contributed by atoms with van der Waals surface area (Å²) in [7, 11) is 6.05. The van der Waals surface area contributed by atoms with E-state index in [-0.39, 0.29) is 11.9 Å². The molecule has 0 aromatic heterocycles. The minimum Gasteiger partial charge on any atom is -0.309 e. The first-order valence-electron chi connectivity index (χ1n) is 5.38. The largest absolute Gasteiger partial charge is 0.309 e. The molecule has 0 fully saturated rings. The van der Waals surface area contributed by atoms with Crippen molar-refractivity contribution in [3.63, 3.8) is 0 Å². The molecule has 0 spiro atoms. The van der Waals surface area contributed by atoms with Crippen molar-refractivity contribution in [3.8, 4) is 0 Å². The number of carbonyl (C=O) groups is 1. The van der Waals surface area contributed by atoms with Gasteiger partial charge in [-0.15, -0.1) is 0 Å². The van der Waals surface area contributed by atoms with Crippen molar-refractivity contribution in [2.75, 3.05) is 34.2 Å². The molecule has 5 heteroatoms. The van der Waals surface area contributed by atoms with Gasteiger partial charge in [0.1, 0.15) is 0 Å². The van der Waals surface area contributed by atoms with Gasteiger partial charge in [-0.3, -0.25) is 15.1 Å². The topological polar surface area (TPSA) is 61.6 Å². The lowest BCUT2D eigenvalue weighted by Gasteiger charge is -2.25. The first kappa shape index (κ1) is 14.3. The Morgan fingerprint density at radius 3 is 2.33 bits per heavy atom. The summed E-state index contributed by atoms with van der Waals surface area (Å²) >= 11 is 0. The van der Waals surface area contributed by atoms with Crippen LogP contribution >= 0.6 is 0 Å². The molecule has 0 bridgehead atoms. The van der Waals surface area contributed by atoms with Gasteiger partial charge in [0.15, 0.2) is 0 Å². The third-order valence-corrected chi connectivity index (χ3v) is 2.48. The van der Waals surface area contributed by atoms with E-state index in [0.29, 0.717) is 0 Å². The fraction of sp³-hybridized carbons (Fsp3) is 0.900. The third-order valence-electron chi connectivity index (χ3n) is 2.48. The zero-order valence-corrected chi connectivity index (χ0v) is 10.3. The lowest BCUT2D eigenvalue weighted by molar-refractivity contribution is -0.126. The first-order chi connectivity index (χ1) is 7.02. The second-order valence-corrected chi connectivity index (χ2v) is 4.07. The Morgan fingerprint density at radius 1 is 1.33 bits per heavy atom. The van der Waals surface area contributed by atoms with Gasteiger partial charge in [0, 0.05) is 0 Å². The van der Waals surface area contributed by atoms with Gasteiger partial charge in [0.2, 0.25) is 0 Å². The SMILES string of the molecule is CCC(C(=O)NN)N(C)CCCN(C)C. The summed E-state index contributed by atoms with van der Waals surface area (Å²) in [6.45, 7) is 3.93. The molecule has 0 heterocycles. The average molecular weight is 216 g/mol. The van der Waals surface area contributed by atoms with Crippen LogP contribution in [-0.4, -0.2) is 56.0 Å². The lowest BCUT2D eigenvalue weighted by atomic mass is 10.2. The zero-order chi connectivity index (χ0) is 11.8. The van der Waals surface area contributed by atoms with Crippen LogP contribution in [0.1, 0.15) is 19.8 Å². The van der Waals surface area contributed by atoms with E-state index in [1.807, 2.05) is 33.0 Å². The quantitative estimate of drug-likeness (QED) is 0.346. The van der Waals surface area contributed by atoms with Crippen molar-refractivity contribution < 1.29 is 4.79 Å². The number of amides is 1. The Labute approximate surface area is 92.6 Å². The second-order valence-electron chi connectivity index (χ2n) is 4.07. The number of rotatable bonds is 7. The van der Waals surface area contributed by atoms with Crippen molar-refractivity contribution in [1.29, 1.82) is 0 Å². The van der Waals surface area contributed by atoms with Gasteiger partial charge >= 0.3 is 0 Å². The fourth-order valence-electron chi connectivity index (χ4n) is 1.59. The van der Waals surface area contributed by atoms with E-state index in [9.17, 15) is 4.79 Å². The van der Waals surface area contributed by atoms with Crippen LogP contribution in [0, 0.1) is 0 Å². The molecule has 90 valence electrons. The highest BCUT2D eigenvalue weighted by Crippen LogP contribution is 2.02. The van der Waals surface area contributed by atoms with Crippen LogP contribution in [0.15, 0.2) is 0 Å². The highest BCUT2D eigenvalue weighted by molar-refractivity contribution is 5.80. The van der Waals surface area contributed by atoms with E-state index >= 15 is 0 Å². The molecule has 0 rings (SSSR count). The minimum atomic E-state index is -0.114. The molecule has 1 amide bonds. The monoisotopic (exact) mass is 216 g/mol. The van der Waals surface area contributed by atoms with Gasteiger partial charge in [-0.25, -0.2) is 5.84 Å². The summed E-state index contributed by atoms with van der Waals surface area (Å²) in [6.07, 6.45) is 1.83. The molecule has 0 aliphatic heterocycles. The summed E-state index contributed by atoms with van der Waals surface area (Å²) in [5, 5.41) is 0. The minimum absolute atomic E-state index is 0.107. The van der Waals surface area contributed by atoms with Crippen LogP contribution in [-0.2, 0) is 4.79 Å². The molecule has 0 saturated heterocycles. The van der Waals surface area contributed by atoms with Crippen LogP contribution in [0.25, 0.3) is 0 Å². The fourth-order valence-corrected chi connectivity index (χ4v) is 1.59. The van der Waals surface area contributed by atoms with Gasteiger partial charge in [-0.1, -0.05) is 6.92 Å². The van der Waals surface area contributed by atoms with Gasteiger partial charge in [0.05, 0.1) is 6.04 Å². The number of nitrogens with zero attached hydrogens (tertiary/aromatic N) is 2. The van der Waals surface area contributed by atoms with Crippen LogP contribution in [0.5, 0.6) is 0 Å². The molecular formula is C10H24N4O.